The highest BCUT2D eigenvalue weighted by atomic mass is 32.1. The number of furan rings is 1. The predicted molar refractivity (Wildman–Crippen MR) is 120 cm³/mol. The third kappa shape index (κ3) is 2.84. The number of benzene rings is 2. The maximum atomic E-state index is 12.7. The molecule has 1 fully saturated rings. The summed E-state index contributed by atoms with van der Waals surface area (Å²) in [5.74, 6) is 0.308. The van der Waals surface area contributed by atoms with E-state index in [0.717, 1.165) is 28.9 Å². The Morgan fingerprint density at radius 1 is 1.16 bits per heavy atom. The molecular formula is C24H18N2O4S. The van der Waals surface area contributed by atoms with Gasteiger partial charge in [-0.1, -0.05) is 30.3 Å². The van der Waals surface area contributed by atoms with Crippen molar-refractivity contribution in [2.24, 2.45) is 4.99 Å². The molecule has 0 aliphatic heterocycles. The zero-order valence-electron chi connectivity index (χ0n) is 16.7. The van der Waals surface area contributed by atoms with Crippen molar-refractivity contribution in [3.8, 4) is 17.0 Å². The number of phenolic OH excluding ortho intramolecular Hbond substituents is 1. The molecule has 3 aromatic heterocycles. The molecule has 7 heteroatoms. The van der Waals surface area contributed by atoms with Crippen molar-refractivity contribution in [3.63, 3.8) is 0 Å². The summed E-state index contributed by atoms with van der Waals surface area (Å²) in [6.45, 7) is 1.71. The van der Waals surface area contributed by atoms with E-state index in [4.69, 9.17) is 13.8 Å². The molecule has 2 aromatic carbocycles. The first-order valence-corrected chi connectivity index (χ1v) is 11.0. The van der Waals surface area contributed by atoms with Crippen LogP contribution in [-0.2, 0) is 0 Å². The molecule has 0 saturated heterocycles. The topological polar surface area (TPSA) is 80.9 Å². The van der Waals surface area contributed by atoms with Crippen LogP contribution in [0.1, 0.15) is 24.6 Å². The maximum absolute atomic E-state index is 12.7. The average Bonchev–Trinajstić information content (AvgIpc) is 3.31. The quantitative estimate of drug-likeness (QED) is 0.401. The molecule has 1 aliphatic rings. The summed E-state index contributed by atoms with van der Waals surface area (Å²) in [5.41, 5.74) is 3.00. The summed E-state index contributed by atoms with van der Waals surface area (Å²) < 4.78 is 13.8. The Balaban J connectivity index is 1.71. The minimum absolute atomic E-state index is 0.121. The summed E-state index contributed by atoms with van der Waals surface area (Å²) in [4.78, 5) is 18.4. The molecule has 5 aromatic rings. The fraction of sp³-hybridized carbons (Fsp3) is 0.167. The van der Waals surface area contributed by atoms with Gasteiger partial charge in [0.15, 0.2) is 27.1 Å². The second-order valence-corrected chi connectivity index (χ2v) is 8.61. The number of hydrogen-bond acceptors (Lipinski definition) is 6. The van der Waals surface area contributed by atoms with Crippen molar-refractivity contribution in [2.75, 3.05) is 0 Å². The van der Waals surface area contributed by atoms with Crippen molar-refractivity contribution in [3.05, 3.63) is 74.9 Å². The van der Waals surface area contributed by atoms with Gasteiger partial charge in [0, 0.05) is 17.5 Å². The van der Waals surface area contributed by atoms with E-state index in [1.54, 1.807) is 13.0 Å². The molecule has 154 valence electrons. The Morgan fingerprint density at radius 3 is 2.74 bits per heavy atom. The molecule has 1 saturated carbocycles. The van der Waals surface area contributed by atoms with Gasteiger partial charge in [-0.25, -0.2) is 4.99 Å². The van der Waals surface area contributed by atoms with Gasteiger partial charge in [0.05, 0.1) is 17.3 Å². The minimum atomic E-state index is -0.304. The third-order valence-electron chi connectivity index (χ3n) is 5.59. The Hall–Kier alpha value is -3.58. The fourth-order valence-corrected chi connectivity index (χ4v) is 4.99. The molecule has 1 N–H and O–H groups in total. The van der Waals surface area contributed by atoms with Crippen LogP contribution in [0.3, 0.4) is 0 Å². The first-order chi connectivity index (χ1) is 15.1. The Kier molecular flexibility index (Phi) is 3.94. The van der Waals surface area contributed by atoms with Crippen LogP contribution in [0.4, 0.5) is 5.69 Å². The molecule has 6 nitrogen and oxygen atoms in total. The van der Waals surface area contributed by atoms with Gasteiger partial charge in [0.2, 0.25) is 0 Å². The van der Waals surface area contributed by atoms with Crippen LogP contribution in [0, 0.1) is 6.92 Å². The van der Waals surface area contributed by atoms with Crippen molar-refractivity contribution in [2.45, 2.75) is 25.8 Å². The number of nitrogens with zero attached hydrogens (tertiary/aromatic N) is 2. The third-order valence-corrected chi connectivity index (χ3v) is 6.43. The zero-order valence-corrected chi connectivity index (χ0v) is 17.5. The van der Waals surface area contributed by atoms with Crippen molar-refractivity contribution < 1.29 is 13.9 Å². The van der Waals surface area contributed by atoms with E-state index in [1.165, 1.54) is 23.7 Å². The molecule has 0 radical (unpaired) electrons. The fourth-order valence-electron chi connectivity index (χ4n) is 4.02. The molecule has 0 atom stereocenters. The summed E-state index contributed by atoms with van der Waals surface area (Å²) >= 11 is 1.54. The minimum Gasteiger partial charge on any atom is -0.506 e. The standard InChI is InChI=1S/C24H18N2O4S/c1-13-11-18(27)19-21(28)16-9-10-29-22(16)20(23(19)30-13)25-24-26(15-7-8-15)17(12-31-24)14-5-3-2-4-6-14/h2-6,9-12,15,28H,7-8H2,1H3. The largest absolute Gasteiger partial charge is 0.506 e. The van der Waals surface area contributed by atoms with Gasteiger partial charge in [-0.3, -0.25) is 4.79 Å². The maximum Gasteiger partial charge on any atom is 0.196 e. The molecular weight excluding hydrogens is 412 g/mol. The van der Waals surface area contributed by atoms with Crippen LogP contribution >= 0.6 is 11.3 Å². The van der Waals surface area contributed by atoms with Crippen LogP contribution < -0.4 is 10.2 Å². The van der Waals surface area contributed by atoms with Gasteiger partial charge in [-0.05, 0) is 31.4 Å². The normalized spacial score (nSPS) is 14.7. The van der Waals surface area contributed by atoms with Crippen LogP contribution in [0.25, 0.3) is 33.2 Å². The highest BCUT2D eigenvalue weighted by Crippen LogP contribution is 2.42. The summed E-state index contributed by atoms with van der Waals surface area (Å²) in [5, 5.41) is 13.4. The van der Waals surface area contributed by atoms with Crippen LogP contribution in [0.5, 0.6) is 5.75 Å². The number of fused-ring (bicyclic) bond motifs is 2. The highest BCUT2D eigenvalue weighted by Gasteiger charge is 2.28. The van der Waals surface area contributed by atoms with Crippen molar-refractivity contribution in [1.82, 2.24) is 4.57 Å². The molecule has 0 spiro atoms. The summed E-state index contributed by atoms with van der Waals surface area (Å²) in [6.07, 6.45) is 3.69. The smallest absolute Gasteiger partial charge is 0.196 e. The lowest BCUT2D eigenvalue weighted by Gasteiger charge is -2.09. The Bertz CT molecular complexity index is 1580. The molecule has 31 heavy (non-hydrogen) atoms. The van der Waals surface area contributed by atoms with Crippen molar-refractivity contribution >= 4 is 39.0 Å². The van der Waals surface area contributed by atoms with Gasteiger partial charge in [-0.2, -0.15) is 0 Å². The van der Waals surface area contributed by atoms with E-state index in [0.29, 0.717) is 28.5 Å². The van der Waals surface area contributed by atoms with E-state index in [-0.39, 0.29) is 22.1 Å². The van der Waals surface area contributed by atoms with Crippen molar-refractivity contribution in [1.29, 1.82) is 0 Å². The first kappa shape index (κ1) is 18.2. The number of phenols is 1. The van der Waals surface area contributed by atoms with Crippen LogP contribution in [0.2, 0.25) is 0 Å². The van der Waals surface area contributed by atoms with E-state index < -0.39 is 0 Å². The van der Waals surface area contributed by atoms with Crippen LogP contribution in [-0.4, -0.2) is 9.67 Å². The average molecular weight is 430 g/mol. The Morgan fingerprint density at radius 2 is 1.97 bits per heavy atom. The second kappa shape index (κ2) is 6.72. The number of aromatic hydroxyl groups is 1. The van der Waals surface area contributed by atoms with Gasteiger partial charge < -0.3 is 18.5 Å². The van der Waals surface area contributed by atoms with Gasteiger partial charge >= 0.3 is 0 Å². The van der Waals surface area contributed by atoms with E-state index in [9.17, 15) is 9.90 Å². The zero-order chi connectivity index (χ0) is 21.1. The first-order valence-electron chi connectivity index (χ1n) is 10.1. The molecule has 6 rings (SSSR count). The van der Waals surface area contributed by atoms with Gasteiger partial charge in [0.1, 0.15) is 16.9 Å². The molecule has 3 heterocycles. The molecule has 0 unspecified atom stereocenters. The number of aromatic nitrogens is 1. The van der Waals surface area contributed by atoms with E-state index in [2.05, 4.69) is 22.1 Å². The van der Waals surface area contributed by atoms with E-state index >= 15 is 0 Å². The van der Waals surface area contributed by atoms with Crippen LogP contribution in [0.15, 0.2) is 72.7 Å². The molecule has 1 aliphatic carbocycles. The molecule has 0 bridgehead atoms. The second-order valence-electron chi connectivity index (χ2n) is 7.77. The van der Waals surface area contributed by atoms with Gasteiger partial charge in [-0.15, -0.1) is 11.3 Å². The predicted octanol–water partition coefficient (Wildman–Crippen LogP) is 5.65. The number of thiazole rings is 1. The Labute approximate surface area is 180 Å². The summed E-state index contributed by atoms with van der Waals surface area (Å²) in [6, 6.07) is 13.6. The lowest BCUT2D eigenvalue weighted by atomic mass is 10.1. The SMILES string of the molecule is Cc1cc(=O)c2c(O)c3ccoc3c(N=c3scc(-c4ccccc4)n3C3CC3)c2o1. The summed E-state index contributed by atoms with van der Waals surface area (Å²) in [7, 11) is 0. The lowest BCUT2D eigenvalue weighted by Crippen LogP contribution is -2.14. The lowest BCUT2D eigenvalue weighted by molar-refractivity contribution is 0.484. The number of aryl methyl sites for hydroxylation is 1. The van der Waals surface area contributed by atoms with Gasteiger partial charge in [0.25, 0.3) is 0 Å². The monoisotopic (exact) mass is 430 g/mol. The number of hydrogen-bond donors (Lipinski definition) is 1. The molecule has 0 amide bonds. The number of rotatable bonds is 3. The van der Waals surface area contributed by atoms with E-state index in [1.807, 2.05) is 18.2 Å². The highest BCUT2D eigenvalue weighted by molar-refractivity contribution is 7.07.